The van der Waals surface area contributed by atoms with Crippen LogP contribution in [-0.2, 0) is 27.1 Å². The molecule has 2 N–H and O–H groups in total. The predicted molar refractivity (Wildman–Crippen MR) is 142 cm³/mol. The van der Waals surface area contributed by atoms with Gasteiger partial charge in [-0.2, -0.15) is 0 Å². The van der Waals surface area contributed by atoms with Gasteiger partial charge in [0.15, 0.2) is 6.61 Å². The molecule has 1 aliphatic rings. The first kappa shape index (κ1) is 24.7. The van der Waals surface area contributed by atoms with Crippen molar-refractivity contribution in [2.24, 2.45) is 0 Å². The Labute approximate surface area is 218 Å². The van der Waals surface area contributed by atoms with E-state index in [4.69, 9.17) is 9.47 Å². The van der Waals surface area contributed by atoms with Crippen molar-refractivity contribution in [3.63, 3.8) is 0 Å². The predicted octanol–water partition coefficient (Wildman–Crippen LogP) is 5.45. The molecule has 2 heterocycles. The SMILES string of the molecule is CCOC(=O)c1c(NC(=O)COC(=O)c2ccc3nc(-c4ccc(C)cc4)[nH]c3c2)sc2c1CCCC2. The summed E-state index contributed by atoms with van der Waals surface area (Å²) in [7, 11) is 0. The van der Waals surface area contributed by atoms with Crippen LogP contribution in [0.5, 0.6) is 0 Å². The maximum Gasteiger partial charge on any atom is 0.341 e. The van der Waals surface area contributed by atoms with Crippen molar-refractivity contribution in [3.05, 3.63) is 69.6 Å². The maximum atomic E-state index is 12.7. The zero-order chi connectivity index (χ0) is 25.9. The Hall–Kier alpha value is -3.98. The Morgan fingerprint density at radius 3 is 2.59 bits per heavy atom. The smallest absolute Gasteiger partial charge is 0.341 e. The second kappa shape index (κ2) is 10.6. The summed E-state index contributed by atoms with van der Waals surface area (Å²) in [6, 6.07) is 13.0. The van der Waals surface area contributed by atoms with Crippen LogP contribution in [-0.4, -0.2) is 41.0 Å². The molecule has 1 aliphatic carbocycles. The van der Waals surface area contributed by atoms with Crippen LogP contribution in [0.15, 0.2) is 42.5 Å². The first-order valence-corrected chi connectivity index (χ1v) is 13.1. The summed E-state index contributed by atoms with van der Waals surface area (Å²) in [5, 5.41) is 3.21. The number of benzene rings is 2. The zero-order valence-corrected chi connectivity index (χ0v) is 21.5. The number of amides is 1. The molecule has 2 aromatic carbocycles. The normalized spacial score (nSPS) is 12.7. The number of hydrogen-bond donors (Lipinski definition) is 2. The van der Waals surface area contributed by atoms with E-state index in [1.807, 2.05) is 31.2 Å². The van der Waals surface area contributed by atoms with Gasteiger partial charge in [0.25, 0.3) is 5.91 Å². The summed E-state index contributed by atoms with van der Waals surface area (Å²) in [5.41, 5.74) is 5.20. The molecule has 0 spiro atoms. The van der Waals surface area contributed by atoms with E-state index in [1.165, 1.54) is 11.3 Å². The molecule has 0 saturated heterocycles. The molecule has 8 nitrogen and oxygen atoms in total. The fourth-order valence-corrected chi connectivity index (χ4v) is 5.73. The number of imidazole rings is 1. The number of aryl methyl sites for hydroxylation is 2. The molecule has 0 unspecified atom stereocenters. The highest BCUT2D eigenvalue weighted by molar-refractivity contribution is 7.17. The molecule has 9 heteroatoms. The van der Waals surface area contributed by atoms with Gasteiger partial charge in [-0.25, -0.2) is 14.6 Å². The molecular formula is C28H27N3O5S. The lowest BCUT2D eigenvalue weighted by atomic mass is 9.95. The summed E-state index contributed by atoms with van der Waals surface area (Å²) < 4.78 is 10.5. The molecule has 0 saturated carbocycles. The van der Waals surface area contributed by atoms with E-state index in [-0.39, 0.29) is 6.61 Å². The summed E-state index contributed by atoms with van der Waals surface area (Å²) >= 11 is 1.39. The van der Waals surface area contributed by atoms with Gasteiger partial charge in [0.2, 0.25) is 0 Å². The van der Waals surface area contributed by atoms with Crippen molar-refractivity contribution < 1.29 is 23.9 Å². The summed E-state index contributed by atoms with van der Waals surface area (Å²) in [5.74, 6) is -0.871. The summed E-state index contributed by atoms with van der Waals surface area (Å²) in [4.78, 5) is 46.8. The second-order valence-corrected chi connectivity index (χ2v) is 10.0. The maximum absolute atomic E-state index is 12.7. The quantitative estimate of drug-likeness (QED) is 0.316. The second-order valence-electron chi connectivity index (χ2n) is 8.94. The average molecular weight is 518 g/mol. The van der Waals surface area contributed by atoms with Crippen molar-refractivity contribution in [1.29, 1.82) is 0 Å². The number of H-pyrrole nitrogens is 1. The Balaban J connectivity index is 1.26. The third-order valence-electron chi connectivity index (χ3n) is 6.28. The molecule has 4 aromatic rings. The number of aromatic amines is 1. The first-order chi connectivity index (χ1) is 17.9. The van der Waals surface area contributed by atoms with Gasteiger partial charge in [-0.15, -0.1) is 11.3 Å². The van der Waals surface area contributed by atoms with E-state index >= 15 is 0 Å². The van der Waals surface area contributed by atoms with Crippen LogP contribution in [0, 0.1) is 6.92 Å². The zero-order valence-electron chi connectivity index (χ0n) is 20.7. The van der Waals surface area contributed by atoms with Crippen LogP contribution in [0.1, 0.15) is 56.5 Å². The van der Waals surface area contributed by atoms with Gasteiger partial charge >= 0.3 is 11.9 Å². The minimum atomic E-state index is -0.625. The number of fused-ring (bicyclic) bond motifs is 2. The van der Waals surface area contributed by atoms with Crippen LogP contribution in [0.4, 0.5) is 5.00 Å². The third-order valence-corrected chi connectivity index (χ3v) is 7.49. The van der Waals surface area contributed by atoms with Gasteiger partial charge in [-0.05, 0) is 63.3 Å². The summed E-state index contributed by atoms with van der Waals surface area (Å²) in [6.45, 7) is 3.55. The lowest BCUT2D eigenvalue weighted by Crippen LogP contribution is -2.22. The number of ether oxygens (including phenoxy) is 2. The highest BCUT2D eigenvalue weighted by Crippen LogP contribution is 2.38. The van der Waals surface area contributed by atoms with E-state index in [1.54, 1.807) is 25.1 Å². The van der Waals surface area contributed by atoms with Crippen LogP contribution in [0.25, 0.3) is 22.4 Å². The van der Waals surface area contributed by atoms with Crippen molar-refractivity contribution in [2.45, 2.75) is 39.5 Å². The molecular weight excluding hydrogens is 490 g/mol. The number of carbonyl (C=O) groups excluding carboxylic acids is 3. The highest BCUT2D eigenvalue weighted by atomic mass is 32.1. The van der Waals surface area contributed by atoms with E-state index in [0.717, 1.165) is 52.8 Å². The van der Waals surface area contributed by atoms with Crippen LogP contribution < -0.4 is 5.32 Å². The number of rotatable bonds is 7. The molecule has 0 aliphatic heterocycles. The highest BCUT2D eigenvalue weighted by Gasteiger charge is 2.27. The van der Waals surface area contributed by atoms with E-state index in [0.29, 0.717) is 27.5 Å². The fourth-order valence-electron chi connectivity index (χ4n) is 4.44. The monoisotopic (exact) mass is 517 g/mol. The molecule has 0 bridgehead atoms. The lowest BCUT2D eigenvalue weighted by molar-refractivity contribution is -0.119. The Bertz CT molecular complexity index is 1490. The van der Waals surface area contributed by atoms with Crippen LogP contribution in [0.3, 0.4) is 0 Å². The van der Waals surface area contributed by atoms with Crippen molar-refractivity contribution in [1.82, 2.24) is 9.97 Å². The third kappa shape index (κ3) is 5.27. The van der Waals surface area contributed by atoms with Crippen molar-refractivity contribution in [2.75, 3.05) is 18.5 Å². The van der Waals surface area contributed by atoms with Gasteiger partial charge in [0, 0.05) is 10.4 Å². The number of thiophene rings is 1. The molecule has 1 amide bonds. The van der Waals surface area contributed by atoms with Gasteiger partial charge in [-0.3, -0.25) is 4.79 Å². The first-order valence-electron chi connectivity index (χ1n) is 12.3. The van der Waals surface area contributed by atoms with E-state index in [2.05, 4.69) is 15.3 Å². The van der Waals surface area contributed by atoms with Crippen molar-refractivity contribution in [3.8, 4) is 11.4 Å². The van der Waals surface area contributed by atoms with Gasteiger partial charge < -0.3 is 19.8 Å². The number of esters is 2. The van der Waals surface area contributed by atoms with Crippen LogP contribution in [0.2, 0.25) is 0 Å². The van der Waals surface area contributed by atoms with E-state index < -0.39 is 24.5 Å². The molecule has 0 atom stereocenters. The van der Waals surface area contributed by atoms with E-state index in [9.17, 15) is 14.4 Å². The Kier molecular flexibility index (Phi) is 7.05. The molecule has 0 fully saturated rings. The minimum absolute atomic E-state index is 0.252. The Morgan fingerprint density at radius 1 is 1.03 bits per heavy atom. The standard InChI is InChI=1S/C28H27N3O5S/c1-3-35-28(34)24-19-6-4-5-7-22(19)37-26(24)31-23(32)15-36-27(33)18-12-13-20-21(14-18)30-25(29-20)17-10-8-16(2)9-11-17/h8-14H,3-7,15H2,1-2H3,(H,29,30)(H,31,32). The number of hydrogen-bond acceptors (Lipinski definition) is 7. The summed E-state index contributed by atoms with van der Waals surface area (Å²) in [6.07, 6.45) is 3.70. The number of nitrogens with one attached hydrogen (secondary N) is 2. The Morgan fingerprint density at radius 2 is 1.81 bits per heavy atom. The average Bonchev–Trinajstić information content (AvgIpc) is 3.48. The number of nitrogens with zero attached hydrogens (tertiary/aromatic N) is 1. The topological polar surface area (TPSA) is 110 Å². The number of carbonyl (C=O) groups is 3. The van der Waals surface area contributed by atoms with Gasteiger partial charge in [-0.1, -0.05) is 29.8 Å². The minimum Gasteiger partial charge on any atom is -0.462 e. The molecule has 2 aromatic heterocycles. The van der Waals surface area contributed by atoms with Crippen molar-refractivity contribution >= 4 is 45.2 Å². The fraction of sp³-hybridized carbons (Fsp3) is 0.286. The number of anilines is 1. The molecule has 37 heavy (non-hydrogen) atoms. The molecule has 0 radical (unpaired) electrons. The van der Waals surface area contributed by atoms with Gasteiger partial charge in [0.05, 0.1) is 28.8 Å². The molecule has 5 rings (SSSR count). The molecule has 190 valence electrons. The largest absolute Gasteiger partial charge is 0.462 e. The van der Waals surface area contributed by atoms with Gasteiger partial charge in [0.1, 0.15) is 10.8 Å². The van der Waals surface area contributed by atoms with Crippen LogP contribution >= 0.6 is 11.3 Å². The number of aromatic nitrogens is 2. The lowest BCUT2D eigenvalue weighted by Gasteiger charge is -2.12.